The Morgan fingerprint density at radius 1 is 1.60 bits per heavy atom. The van der Waals surface area contributed by atoms with Gasteiger partial charge in [0, 0.05) is 5.02 Å². The van der Waals surface area contributed by atoms with Gasteiger partial charge in [0.25, 0.3) is 0 Å². The van der Waals surface area contributed by atoms with Gasteiger partial charge in [0.2, 0.25) is 0 Å². The summed E-state index contributed by atoms with van der Waals surface area (Å²) in [5, 5.41) is 9.18. The van der Waals surface area contributed by atoms with Crippen LogP contribution in [0.5, 0.6) is 0 Å². The Morgan fingerprint density at radius 3 is 2.93 bits per heavy atom. The largest absolute Gasteiger partial charge is 0.481 e. The molecule has 0 fully saturated rings. The Bertz CT molecular complexity index is 338. The van der Waals surface area contributed by atoms with E-state index in [1.54, 1.807) is 19.1 Å². The monoisotopic (exact) mass is 228 g/mol. The minimum absolute atomic E-state index is 0.0145. The molecule has 0 spiro atoms. The Labute approximate surface area is 93.6 Å². The summed E-state index contributed by atoms with van der Waals surface area (Å²) in [7, 11) is 0. The molecule has 0 heterocycles. The molecule has 15 heavy (non-hydrogen) atoms. The molecule has 0 aliphatic heterocycles. The van der Waals surface area contributed by atoms with E-state index >= 15 is 0 Å². The van der Waals surface area contributed by atoms with E-state index in [0.717, 1.165) is 5.56 Å². The fourth-order valence-corrected chi connectivity index (χ4v) is 1.38. The highest BCUT2D eigenvalue weighted by atomic mass is 35.5. The van der Waals surface area contributed by atoms with E-state index in [4.69, 9.17) is 21.4 Å². The maximum absolute atomic E-state index is 10.4. The summed E-state index contributed by atoms with van der Waals surface area (Å²) in [6.07, 6.45) is -0.276. The highest BCUT2D eigenvalue weighted by Crippen LogP contribution is 2.12. The lowest BCUT2D eigenvalue weighted by atomic mass is 10.2. The maximum Gasteiger partial charge on any atom is 0.305 e. The van der Waals surface area contributed by atoms with E-state index < -0.39 is 5.97 Å². The molecule has 0 saturated carbocycles. The fraction of sp³-hybridized carbons (Fsp3) is 0.364. The van der Waals surface area contributed by atoms with Crippen molar-refractivity contribution < 1.29 is 14.6 Å². The van der Waals surface area contributed by atoms with Crippen molar-refractivity contribution in [1.29, 1.82) is 0 Å². The number of ether oxygens (including phenoxy) is 1. The summed E-state index contributed by atoms with van der Waals surface area (Å²) in [5.41, 5.74) is 0.944. The Hall–Kier alpha value is -1.06. The van der Waals surface area contributed by atoms with Crippen molar-refractivity contribution in [2.24, 2.45) is 0 Å². The summed E-state index contributed by atoms with van der Waals surface area (Å²) in [6.45, 7) is 2.12. The van der Waals surface area contributed by atoms with Crippen LogP contribution in [0.15, 0.2) is 24.3 Å². The number of benzene rings is 1. The van der Waals surface area contributed by atoms with Gasteiger partial charge in [0.15, 0.2) is 0 Å². The van der Waals surface area contributed by atoms with E-state index in [1.165, 1.54) is 0 Å². The highest BCUT2D eigenvalue weighted by molar-refractivity contribution is 6.30. The normalized spacial score (nSPS) is 12.4. The quantitative estimate of drug-likeness (QED) is 0.843. The van der Waals surface area contributed by atoms with Crippen LogP contribution in [-0.4, -0.2) is 17.2 Å². The first-order valence-corrected chi connectivity index (χ1v) is 5.03. The molecule has 1 atom stereocenters. The molecule has 0 aliphatic rings. The van der Waals surface area contributed by atoms with Gasteiger partial charge in [0.05, 0.1) is 19.1 Å². The zero-order valence-electron chi connectivity index (χ0n) is 8.44. The average molecular weight is 229 g/mol. The van der Waals surface area contributed by atoms with Crippen molar-refractivity contribution in [3.63, 3.8) is 0 Å². The molecule has 1 rings (SSSR count). The molecule has 3 nitrogen and oxygen atoms in total. The van der Waals surface area contributed by atoms with Gasteiger partial charge in [-0.25, -0.2) is 0 Å². The molecule has 0 bridgehead atoms. The molecule has 0 aromatic heterocycles. The molecule has 0 amide bonds. The second kappa shape index (κ2) is 5.73. The zero-order valence-corrected chi connectivity index (χ0v) is 9.20. The van der Waals surface area contributed by atoms with Gasteiger partial charge in [0.1, 0.15) is 0 Å². The van der Waals surface area contributed by atoms with Gasteiger partial charge in [-0.05, 0) is 24.6 Å². The predicted molar refractivity (Wildman–Crippen MR) is 58.0 cm³/mol. The SMILES string of the molecule is C[C@H](CC(=O)O)OCc1cccc(Cl)c1. The van der Waals surface area contributed by atoms with Crippen molar-refractivity contribution >= 4 is 17.6 Å². The van der Waals surface area contributed by atoms with Crippen LogP contribution in [-0.2, 0) is 16.1 Å². The van der Waals surface area contributed by atoms with Gasteiger partial charge in [-0.1, -0.05) is 23.7 Å². The third kappa shape index (κ3) is 4.81. The zero-order chi connectivity index (χ0) is 11.3. The second-order valence-electron chi connectivity index (χ2n) is 3.35. The molecule has 0 radical (unpaired) electrons. The first-order chi connectivity index (χ1) is 7.08. The molecule has 4 heteroatoms. The number of carbonyl (C=O) groups is 1. The van der Waals surface area contributed by atoms with Crippen LogP contribution in [0.1, 0.15) is 18.9 Å². The van der Waals surface area contributed by atoms with E-state index in [-0.39, 0.29) is 12.5 Å². The summed E-state index contributed by atoms with van der Waals surface area (Å²) >= 11 is 5.79. The summed E-state index contributed by atoms with van der Waals surface area (Å²) in [5.74, 6) is -0.853. The highest BCUT2D eigenvalue weighted by Gasteiger charge is 2.07. The van der Waals surface area contributed by atoms with Gasteiger partial charge in [-0.15, -0.1) is 0 Å². The van der Waals surface area contributed by atoms with Gasteiger partial charge < -0.3 is 9.84 Å². The van der Waals surface area contributed by atoms with Crippen molar-refractivity contribution in [1.82, 2.24) is 0 Å². The van der Waals surface area contributed by atoms with Gasteiger partial charge in [-0.2, -0.15) is 0 Å². The minimum atomic E-state index is -0.853. The number of rotatable bonds is 5. The summed E-state index contributed by atoms with van der Waals surface area (Å²) < 4.78 is 5.35. The Morgan fingerprint density at radius 2 is 2.33 bits per heavy atom. The minimum Gasteiger partial charge on any atom is -0.481 e. The molecule has 0 saturated heterocycles. The van der Waals surface area contributed by atoms with E-state index in [9.17, 15) is 4.79 Å². The van der Waals surface area contributed by atoms with E-state index in [0.29, 0.717) is 11.6 Å². The predicted octanol–water partition coefficient (Wildman–Crippen LogP) is 2.72. The maximum atomic E-state index is 10.4. The number of hydrogen-bond acceptors (Lipinski definition) is 2. The van der Waals surface area contributed by atoms with Crippen LogP contribution in [0, 0.1) is 0 Å². The van der Waals surface area contributed by atoms with Crippen molar-refractivity contribution in [2.75, 3.05) is 0 Å². The topological polar surface area (TPSA) is 46.5 Å². The number of carboxylic acids is 1. The third-order valence-corrected chi connectivity index (χ3v) is 2.12. The van der Waals surface area contributed by atoms with Crippen LogP contribution < -0.4 is 0 Å². The number of carboxylic acid groups (broad SMARTS) is 1. The first-order valence-electron chi connectivity index (χ1n) is 4.66. The molecule has 1 aromatic rings. The average Bonchev–Trinajstić information content (AvgIpc) is 2.14. The van der Waals surface area contributed by atoms with Crippen LogP contribution in [0.2, 0.25) is 5.02 Å². The van der Waals surface area contributed by atoms with E-state index in [2.05, 4.69) is 0 Å². The van der Waals surface area contributed by atoms with Crippen molar-refractivity contribution in [2.45, 2.75) is 26.1 Å². The summed E-state index contributed by atoms with van der Waals surface area (Å²) in [4.78, 5) is 10.4. The molecule has 1 aromatic carbocycles. The van der Waals surface area contributed by atoms with Gasteiger partial charge in [-0.3, -0.25) is 4.79 Å². The second-order valence-corrected chi connectivity index (χ2v) is 3.79. The Kier molecular flexibility index (Phi) is 4.59. The van der Waals surface area contributed by atoms with Crippen LogP contribution >= 0.6 is 11.6 Å². The lowest BCUT2D eigenvalue weighted by Crippen LogP contribution is -2.13. The van der Waals surface area contributed by atoms with Crippen molar-refractivity contribution in [3.05, 3.63) is 34.9 Å². The standard InChI is InChI=1S/C11H13ClO3/c1-8(5-11(13)14)15-7-9-3-2-4-10(12)6-9/h2-4,6,8H,5,7H2,1H3,(H,13,14)/t8-/m1/s1. The number of aliphatic carboxylic acids is 1. The number of halogens is 1. The Balaban J connectivity index is 2.40. The van der Waals surface area contributed by atoms with Crippen LogP contribution in [0.4, 0.5) is 0 Å². The molecule has 1 N–H and O–H groups in total. The molecule has 0 aliphatic carbocycles. The molecule has 82 valence electrons. The fourth-order valence-electron chi connectivity index (χ4n) is 1.17. The lowest BCUT2D eigenvalue weighted by Gasteiger charge is -2.10. The number of hydrogen-bond donors (Lipinski definition) is 1. The summed E-state index contributed by atoms with van der Waals surface area (Å²) in [6, 6.07) is 7.31. The molecule has 0 unspecified atom stereocenters. The third-order valence-electron chi connectivity index (χ3n) is 1.89. The lowest BCUT2D eigenvalue weighted by molar-refractivity contribution is -0.140. The van der Waals surface area contributed by atoms with Crippen LogP contribution in [0.25, 0.3) is 0 Å². The molecular weight excluding hydrogens is 216 g/mol. The van der Waals surface area contributed by atoms with E-state index in [1.807, 2.05) is 12.1 Å². The van der Waals surface area contributed by atoms with Crippen LogP contribution in [0.3, 0.4) is 0 Å². The van der Waals surface area contributed by atoms with Crippen molar-refractivity contribution in [3.8, 4) is 0 Å². The molecular formula is C11H13ClO3. The smallest absolute Gasteiger partial charge is 0.305 e. The first kappa shape index (κ1) is 12.0. The van der Waals surface area contributed by atoms with Gasteiger partial charge >= 0.3 is 5.97 Å².